The molecule has 0 saturated heterocycles. The van der Waals surface area contributed by atoms with Crippen molar-refractivity contribution in [1.82, 2.24) is 5.16 Å². The molecule has 3 heteroatoms. The van der Waals surface area contributed by atoms with Crippen molar-refractivity contribution in [3.05, 3.63) is 11.3 Å². The summed E-state index contributed by atoms with van der Waals surface area (Å²) in [6.45, 7) is 6.80. The standard InChI is InChI=1S/C13H23NO2/c1-4-6-7-8-9-10-12-11(3)16-14-13(12)15-5-2/h4-10H2,1-3H3. The van der Waals surface area contributed by atoms with Crippen LogP contribution in [0.15, 0.2) is 4.52 Å². The van der Waals surface area contributed by atoms with Gasteiger partial charge in [-0.05, 0) is 31.8 Å². The molecule has 0 spiro atoms. The van der Waals surface area contributed by atoms with Gasteiger partial charge in [0.1, 0.15) is 5.76 Å². The summed E-state index contributed by atoms with van der Waals surface area (Å²) in [5, 5.41) is 3.92. The Morgan fingerprint density at radius 1 is 1.12 bits per heavy atom. The van der Waals surface area contributed by atoms with Crippen molar-refractivity contribution >= 4 is 0 Å². The van der Waals surface area contributed by atoms with Crippen LogP contribution in [0.2, 0.25) is 0 Å². The topological polar surface area (TPSA) is 35.3 Å². The van der Waals surface area contributed by atoms with Crippen molar-refractivity contribution in [2.45, 2.75) is 59.3 Å². The van der Waals surface area contributed by atoms with Crippen LogP contribution in [0.5, 0.6) is 5.88 Å². The molecule has 0 aliphatic carbocycles. The van der Waals surface area contributed by atoms with Gasteiger partial charge in [0.15, 0.2) is 0 Å². The molecule has 0 radical (unpaired) electrons. The molecule has 1 rings (SSSR count). The Bertz CT molecular complexity index is 294. The zero-order valence-electron chi connectivity index (χ0n) is 10.7. The van der Waals surface area contributed by atoms with Crippen LogP contribution in [0.4, 0.5) is 0 Å². The monoisotopic (exact) mass is 225 g/mol. The van der Waals surface area contributed by atoms with E-state index in [4.69, 9.17) is 9.26 Å². The Morgan fingerprint density at radius 3 is 2.56 bits per heavy atom. The predicted molar refractivity (Wildman–Crippen MR) is 64.9 cm³/mol. The number of ether oxygens (including phenoxy) is 1. The largest absolute Gasteiger partial charge is 0.476 e. The molecule has 0 aliphatic heterocycles. The molecule has 0 unspecified atom stereocenters. The SMILES string of the molecule is CCCCCCCc1c(OCC)noc1C. The molecule has 0 saturated carbocycles. The molecule has 0 fully saturated rings. The lowest BCUT2D eigenvalue weighted by Gasteiger charge is -2.02. The van der Waals surface area contributed by atoms with Crippen LogP contribution in [-0.4, -0.2) is 11.8 Å². The molecule has 0 N–H and O–H groups in total. The molecule has 3 nitrogen and oxygen atoms in total. The average molecular weight is 225 g/mol. The molecule has 1 heterocycles. The summed E-state index contributed by atoms with van der Waals surface area (Å²) in [6, 6.07) is 0. The van der Waals surface area contributed by atoms with E-state index in [-0.39, 0.29) is 0 Å². The van der Waals surface area contributed by atoms with Crippen LogP contribution in [0.1, 0.15) is 57.3 Å². The molecule has 1 aromatic heterocycles. The van der Waals surface area contributed by atoms with E-state index in [9.17, 15) is 0 Å². The normalized spacial score (nSPS) is 10.7. The van der Waals surface area contributed by atoms with E-state index in [1.807, 2.05) is 13.8 Å². The van der Waals surface area contributed by atoms with E-state index in [0.29, 0.717) is 12.5 Å². The number of hydrogen-bond acceptors (Lipinski definition) is 3. The highest BCUT2D eigenvalue weighted by Gasteiger charge is 2.12. The zero-order chi connectivity index (χ0) is 11.8. The summed E-state index contributed by atoms with van der Waals surface area (Å²) in [5.41, 5.74) is 1.15. The second-order valence-corrected chi connectivity index (χ2v) is 4.12. The first kappa shape index (κ1) is 13.1. The molecule has 92 valence electrons. The van der Waals surface area contributed by atoms with E-state index in [1.54, 1.807) is 0 Å². The summed E-state index contributed by atoms with van der Waals surface area (Å²) in [6.07, 6.45) is 7.45. The number of unbranched alkanes of at least 4 members (excludes halogenated alkanes) is 4. The lowest BCUT2D eigenvalue weighted by atomic mass is 10.1. The minimum absolute atomic E-state index is 0.648. The Balaban J connectivity index is 2.36. The van der Waals surface area contributed by atoms with Gasteiger partial charge < -0.3 is 9.26 Å². The van der Waals surface area contributed by atoms with Gasteiger partial charge in [0.25, 0.3) is 5.88 Å². The van der Waals surface area contributed by atoms with Gasteiger partial charge in [0.05, 0.1) is 12.2 Å². The van der Waals surface area contributed by atoms with Crippen molar-refractivity contribution < 1.29 is 9.26 Å². The van der Waals surface area contributed by atoms with E-state index in [2.05, 4.69) is 12.1 Å². The lowest BCUT2D eigenvalue weighted by molar-refractivity contribution is 0.290. The van der Waals surface area contributed by atoms with Crippen LogP contribution >= 0.6 is 0 Å². The first-order valence-electron chi connectivity index (χ1n) is 6.37. The van der Waals surface area contributed by atoms with Crippen molar-refractivity contribution in [3.8, 4) is 5.88 Å². The van der Waals surface area contributed by atoms with Gasteiger partial charge in [0, 0.05) is 0 Å². The van der Waals surface area contributed by atoms with Crippen molar-refractivity contribution in [2.24, 2.45) is 0 Å². The van der Waals surface area contributed by atoms with Crippen molar-refractivity contribution in [1.29, 1.82) is 0 Å². The average Bonchev–Trinajstić information content (AvgIpc) is 2.61. The van der Waals surface area contributed by atoms with Crippen molar-refractivity contribution in [3.63, 3.8) is 0 Å². The quantitative estimate of drug-likeness (QED) is 0.629. The third-order valence-electron chi connectivity index (χ3n) is 2.76. The molecular formula is C13H23NO2. The van der Waals surface area contributed by atoms with Crippen LogP contribution < -0.4 is 4.74 Å². The maximum absolute atomic E-state index is 5.43. The van der Waals surface area contributed by atoms with Gasteiger partial charge >= 0.3 is 0 Å². The third-order valence-corrected chi connectivity index (χ3v) is 2.76. The molecule has 0 aromatic carbocycles. The molecule has 1 aromatic rings. The van der Waals surface area contributed by atoms with Gasteiger partial charge in [-0.15, -0.1) is 0 Å². The molecule has 16 heavy (non-hydrogen) atoms. The zero-order valence-corrected chi connectivity index (χ0v) is 10.7. The molecule has 0 aliphatic rings. The summed E-state index contributed by atoms with van der Waals surface area (Å²) >= 11 is 0. The maximum Gasteiger partial charge on any atom is 0.257 e. The van der Waals surface area contributed by atoms with Crippen LogP contribution in [0, 0.1) is 6.92 Å². The number of aromatic nitrogens is 1. The van der Waals surface area contributed by atoms with Crippen molar-refractivity contribution in [2.75, 3.05) is 6.61 Å². The highest BCUT2D eigenvalue weighted by Crippen LogP contribution is 2.23. The van der Waals surface area contributed by atoms with E-state index in [0.717, 1.165) is 17.7 Å². The minimum atomic E-state index is 0.648. The Kier molecular flexibility index (Phi) is 5.98. The Hall–Kier alpha value is -0.990. The van der Waals surface area contributed by atoms with E-state index in [1.165, 1.54) is 32.1 Å². The Labute approximate surface area is 98.2 Å². The molecule has 0 amide bonds. The highest BCUT2D eigenvalue weighted by atomic mass is 16.5. The fraction of sp³-hybridized carbons (Fsp3) is 0.769. The highest BCUT2D eigenvalue weighted by molar-refractivity contribution is 5.27. The second kappa shape index (κ2) is 7.31. The van der Waals surface area contributed by atoms with E-state index >= 15 is 0 Å². The van der Waals surface area contributed by atoms with Crippen LogP contribution in [-0.2, 0) is 6.42 Å². The summed E-state index contributed by atoms with van der Waals surface area (Å²) in [4.78, 5) is 0. The number of nitrogens with zero attached hydrogens (tertiary/aromatic N) is 1. The number of rotatable bonds is 8. The number of aryl methyl sites for hydroxylation is 1. The van der Waals surface area contributed by atoms with Crippen LogP contribution in [0.3, 0.4) is 0 Å². The van der Waals surface area contributed by atoms with Gasteiger partial charge in [-0.25, -0.2) is 0 Å². The van der Waals surface area contributed by atoms with Gasteiger partial charge in [0.2, 0.25) is 0 Å². The number of hydrogen-bond donors (Lipinski definition) is 0. The summed E-state index contributed by atoms with van der Waals surface area (Å²) in [7, 11) is 0. The van der Waals surface area contributed by atoms with Crippen LogP contribution in [0.25, 0.3) is 0 Å². The second-order valence-electron chi connectivity index (χ2n) is 4.12. The van der Waals surface area contributed by atoms with Gasteiger partial charge in [-0.3, -0.25) is 0 Å². The minimum Gasteiger partial charge on any atom is -0.476 e. The molecular weight excluding hydrogens is 202 g/mol. The summed E-state index contributed by atoms with van der Waals surface area (Å²) in [5.74, 6) is 1.59. The third kappa shape index (κ3) is 3.87. The maximum atomic E-state index is 5.43. The fourth-order valence-corrected chi connectivity index (χ4v) is 1.81. The predicted octanol–water partition coefficient (Wildman–Crippen LogP) is 3.89. The summed E-state index contributed by atoms with van der Waals surface area (Å²) < 4.78 is 10.6. The lowest BCUT2D eigenvalue weighted by Crippen LogP contribution is -1.96. The first-order valence-corrected chi connectivity index (χ1v) is 6.37. The Morgan fingerprint density at radius 2 is 1.88 bits per heavy atom. The van der Waals surface area contributed by atoms with Gasteiger partial charge in [-0.1, -0.05) is 32.6 Å². The van der Waals surface area contributed by atoms with E-state index < -0.39 is 0 Å². The smallest absolute Gasteiger partial charge is 0.257 e. The molecule has 0 bridgehead atoms. The molecule has 0 atom stereocenters. The fourth-order valence-electron chi connectivity index (χ4n) is 1.81. The van der Waals surface area contributed by atoms with Gasteiger partial charge in [-0.2, -0.15) is 0 Å². The first-order chi connectivity index (χ1) is 7.79.